The van der Waals surface area contributed by atoms with Gasteiger partial charge in [0.25, 0.3) is 5.91 Å². The number of carbonyl (C=O) groups excluding carboxylic acids is 1. The molecule has 1 amide bonds. The molecule has 1 unspecified atom stereocenters. The molecule has 0 saturated heterocycles. The zero-order valence-corrected chi connectivity index (χ0v) is 12.4. The predicted octanol–water partition coefficient (Wildman–Crippen LogP) is 1.40. The number of hydrogen-bond donors (Lipinski definition) is 2. The fourth-order valence-corrected chi connectivity index (χ4v) is 1.66. The van der Waals surface area contributed by atoms with Crippen molar-refractivity contribution < 1.29 is 9.90 Å². The van der Waals surface area contributed by atoms with Gasteiger partial charge in [-0.15, -0.1) is 5.10 Å². The number of aliphatic hydroxyl groups is 1. The molecule has 1 atom stereocenters. The van der Waals surface area contributed by atoms with Crippen LogP contribution < -0.4 is 5.32 Å². The Morgan fingerprint density at radius 3 is 2.62 bits per heavy atom. The minimum atomic E-state index is -0.620. The topological polar surface area (TPSA) is 80.0 Å². The molecule has 112 valence electrons. The molecule has 21 heavy (non-hydrogen) atoms. The summed E-state index contributed by atoms with van der Waals surface area (Å²) in [6.07, 6.45) is 0.944. The number of carbonyl (C=O) groups is 1. The summed E-state index contributed by atoms with van der Waals surface area (Å²) in [4.78, 5) is 12.0. The highest BCUT2D eigenvalue weighted by Gasteiger charge is 2.23. The number of hydrogen-bond acceptors (Lipinski definition) is 4. The Bertz CT molecular complexity index is 602. The van der Waals surface area contributed by atoms with Crippen molar-refractivity contribution >= 4 is 5.91 Å². The van der Waals surface area contributed by atoms with Gasteiger partial charge in [-0.2, -0.15) is 0 Å². The SMILES string of the molecule is CC(C)(C)C(O)CNC(=O)c1cn(-c2ccccc2)nn1. The minimum Gasteiger partial charge on any atom is -0.391 e. The molecule has 6 nitrogen and oxygen atoms in total. The van der Waals surface area contributed by atoms with E-state index in [0.717, 1.165) is 5.69 Å². The van der Waals surface area contributed by atoms with E-state index < -0.39 is 6.10 Å². The van der Waals surface area contributed by atoms with Gasteiger partial charge in [0, 0.05) is 6.54 Å². The van der Waals surface area contributed by atoms with E-state index in [1.54, 1.807) is 6.20 Å². The summed E-state index contributed by atoms with van der Waals surface area (Å²) in [5.74, 6) is -0.347. The molecule has 0 radical (unpaired) electrons. The van der Waals surface area contributed by atoms with Gasteiger partial charge in [-0.05, 0) is 17.5 Å². The number of amides is 1. The lowest BCUT2D eigenvalue weighted by Crippen LogP contribution is -2.39. The average molecular weight is 288 g/mol. The van der Waals surface area contributed by atoms with Crippen LogP contribution in [-0.2, 0) is 0 Å². The first-order valence-corrected chi connectivity index (χ1v) is 6.82. The third-order valence-corrected chi connectivity index (χ3v) is 3.20. The van der Waals surface area contributed by atoms with Crippen LogP contribution in [0.15, 0.2) is 36.5 Å². The maximum atomic E-state index is 12.0. The summed E-state index contributed by atoms with van der Waals surface area (Å²) in [7, 11) is 0. The van der Waals surface area contributed by atoms with E-state index in [1.165, 1.54) is 4.68 Å². The fourth-order valence-electron chi connectivity index (χ4n) is 1.66. The molecule has 0 fully saturated rings. The molecule has 2 aromatic rings. The van der Waals surface area contributed by atoms with E-state index in [1.807, 2.05) is 51.1 Å². The van der Waals surface area contributed by atoms with Gasteiger partial charge in [-0.25, -0.2) is 4.68 Å². The van der Waals surface area contributed by atoms with E-state index in [4.69, 9.17) is 0 Å². The van der Waals surface area contributed by atoms with Crippen molar-refractivity contribution in [2.75, 3.05) is 6.54 Å². The van der Waals surface area contributed by atoms with Crippen LogP contribution in [0.5, 0.6) is 0 Å². The number of aliphatic hydroxyl groups excluding tert-OH is 1. The first-order valence-electron chi connectivity index (χ1n) is 6.82. The van der Waals surface area contributed by atoms with Crippen LogP contribution in [0.3, 0.4) is 0 Å². The van der Waals surface area contributed by atoms with E-state index in [-0.39, 0.29) is 23.6 Å². The van der Waals surface area contributed by atoms with Crippen LogP contribution >= 0.6 is 0 Å². The van der Waals surface area contributed by atoms with Gasteiger partial charge in [0.15, 0.2) is 5.69 Å². The molecule has 2 N–H and O–H groups in total. The van der Waals surface area contributed by atoms with Crippen molar-refractivity contribution in [2.45, 2.75) is 26.9 Å². The first kappa shape index (κ1) is 15.2. The summed E-state index contributed by atoms with van der Waals surface area (Å²) in [5.41, 5.74) is 0.772. The van der Waals surface area contributed by atoms with Gasteiger partial charge in [-0.1, -0.05) is 44.2 Å². The number of aromatic nitrogens is 3. The molecule has 0 spiro atoms. The summed E-state index contributed by atoms with van der Waals surface area (Å²) >= 11 is 0. The van der Waals surface area contributed by atoms with Crippen LogP contribution in [0.4, 0.5) is 0 Å². The Labute approximate surface area is 123 Å². The van der Waals surface area contributed by atoms with Crippen molar-refractivity contribution in [3.05, 3.63) is 42.2 Å². The van der Waals surface area contributed by atoms with E-state index in [2.05, 4.69) is 15.6 Å². The van der Waals surface area contributed by atoms with Gasteiger partial charge in [0.1, 0.15) is 0 Å². The molecule has 0 aliphatic rings. The maximum absolute atomic E-state index is 12.0. The zero-order chi connectivity index (χ0) is 15.5. The zero-order valence-electron chi connectivity index (χ0n) is 12.4. The molecule has 1 heterocycles. The van der Waals surface area contributed by atoms with E-state index in [0.29, 0.717) is 0 Å². The Morgan fingerprint density at radius 2 is 2.00 bits per heavy atom. The second kappa shape index (κ2) is 6.05. The number of benzene rings is 1. The number of nitrogens with zero attached hydrogens (tertiary/aromatic N) is 3. The second-order valence-electron chi connectivity index (χ2n) is 5.98. The molecule has 2 rings (SSSR count). The van der Waals surface area contributed by atoms with Gasteiger partial charge < -0.3 is 10.4 Å². The van der Waals surface area contributed by atoms with Crippen molar-refractivity contribution in [3.63, 3.8) is 0 Å². The van der Waals surface area contributed by atoms with Crippen molar-refractivity contribution in [1.29, 1.82) is 0 Å². The van der Waals surface area contributed by atoms with Gasteiger partial charge >= 0.3 is 0 Å². The highest BCUT2D eigenvalue weighted by Crippen LogP contribution is 2.18. The summed E-state index contributed by atoms with van der Waals surface area (Å²) in [6.45, 7) is 5.92. The molecule has 1 aromatic carbocycles. The largest absolute Gasteiger partial charge is 0.391 e. The standard InChI is InChI=1S/C15H20N4O2/c1-15(2,3)13(20)9-16-14(21)12-10-19(18-17-12)11-7-5-4-6-8-11/h4-8,10,13,20H,9H2,1-3H3,(H,16,21). The predicted molar refractivity (Wildman–Crippen MR) is 79.2 cm³/mol. The lowest BCUT2D eigenvalue weighted by atomic mass is 9.89. The molecule has 1 aromatic heterocycles. The normalized spacial score (nSPS) is 13.0. The number of nitrogens with one attached hydrogen (secondary N) is 1. The molecule has 0 saturated carbocycles. The van der Waals surface area contributed by atoms with E-state index >= 15 is 0 Å². The van der Waals surface area contributed by atoms with Gasteiger partial charge in [-0.3, -0.25) is 4.79 Å². The van der Waals surface area contributed by atoms with Crippen LogP contribution in [0.25, 0.3) is 5.69 Å². The van der Waals surface area contributed by atoms with Crippen molar-refractivity contribution in [3.8, 4) is 5.69 Å². The molecule has 0 bridgehead atoms. The smallest absolute Gasteiger partial charge is 0.273 e. The average Bonchev–Trinajstić information content (AvgIpc) is 2.94. The Morgan fingerprint density at radius 1 is 1.33 bits per heavy atom. The van der Waals surface area contributed by atoms with Gasteiger partial charge in [0.05, 0.1) is 18.0 Å². The van der Waals surface area contributed by atoms with Crippen LogP contribution in [0.1, 0.15) is 31.3 Å². The third-order valence-electron chi connectivity index (χ3n) is 3.20. The second-order valence-corrected chi connectivity index (χ2v) is 5.98. The van der Waals surface area contributed by atoms with Crippen LogP contribution in [0.2, 0.25) is 0 Å². The first-order chi connectivity index (χ1) is 9.88. The van der Waals surface area contributed by atoms with Gasteiger partial charge in [0.2, 0.25) is 0 Å². The van der Waals surface area contributed by atoms with Crippen LogP contribution in [0, 0.1) is 5.41 Å². The number of rotatable bonds is 4. The molecule has 0 aliphatic heterocycles. The quantitative estimate of drug-likeness (QED) is 0.891. The highest BCUT2D eigenvalue weighted by molar-refractivity contribution is 5.91. The highest BCUT2D eigenvalue weighted by atomic mass is 16.3. The minimum absolute atomic E-state index is 0.181. The third kappa shape index (κ3) is 3.88. The number of para-hydroxylation sites is 1. The molecule has 6 heteroatoms. The van der Waals surface area contributed by atoms with E-state index in [9.17, 15) is 9.90 Å². The Kier molecular flexibility index (Phi) is 4.37. The Balaban J connectivity index is 2.00. The fraction of sp³-hybridized carbons (Fsp3) is 0.400. The molecule has 0 aliphatic carbocycles. The lowest BCUT2D eigenvalue weighted by molar-refractivity contribution is 0.0585. The van der Waals surface area contributed by atoms with Crippen molar-refractivity contribution in [1.82, 2.24) is 20.3 Å². The summed E-state index contributed by atoms with van der Waals surface area (Å²) in [5, 5.41) is 20.4. The summed E-state index contributed by atoms with van der Waals surface area (Å²) < 4.78 is 1.54. The van der Waals surface area contributed by atoms with Crippen LogP contribution in [-0.4, -0.2) is 38.7 Å². The summed E-state index contributed by atoms with van der Waals surface area (Å²) in [6, 6.07) is 9.42. The maximum Gasteiger partial charge on any atom is 0.273 e. The molecular formula is C15H20N4O2. The lowest BCUT2D eigenvalue weighted by Gasteiger charge is -2.25. The molecular weight excluding hydrogens is 268 g/mol. The Hall–Kier alpha value is -2.21. The van der Waals surface area contributed by atoms with Crippen molar-refractivity contribution in [2.24, 2.45) is 5.41 Å². The monoisotopic (exact) mass is 288 g/mol.